The van der Waals surface area contributed by atoms with Crippen molar-refractivity contribution in [2.24, 2.45) is 0 Å². The fourth-order valence-electron chi connectivity index (χ4n) is 4.72. The van der Waals surface area contributed by atoms with Crippen molar-refractivity contribution in [3.05, 3.63) is 107 Å². The fraction of sp³-hybridized carbons (Fsp3) is 0.364. The van der Waals surface area contributed by atoms with E-state index in [9.17, 15) is 24.6 Å². The van der Waals surface area contributed by atoms with E-state index in [4.69, 9.17) is 18.9 Å². The Balaban J connectivity index is 1.50. The predicted molar refractivity (Wildman–Crippen MR) is 159 cm³/mol. The molecule has 1 fully saturated rings. The fourth-order valence-corrected chi connectivity index (χ4v) is 4.72. The molecule has 4 N–H and O–H groups in total. The molecule has 0 saturated carbocycles. The van der Waals surface area contributed by atoms with Crippen molar-refractivity contribution in [1.82, 2.24) is 10.6 Å². The molecular formula is C33H38N2O9. The number of benzene rings is 3. The molecule has 0 aromatic heterocycles. The number of alkyl carbamates (subject to hydrolysis) is 1. The Morgan fingerprint density at radius 2 is 1.45 bits per heavy atom. The van der Waals surface area contributed by atoms with E-state index in [1.54, 1.807) is 43.3 Å². The molecule has 3 aromatic carbocycles. The van der Waals surface area contributed by atoms with Gasteiger partial charge >= 0.3 is 12.1 Å². The van der Waals surface area contributed by atoms with Crippen LogP contribution in [0.2, 0.25) is 0 Å². The summed E-state index contributed by atoms with van der Waals surface area (Å²) in [6.07, 6.45) is -7.42. The van der Waals surface area contributed by atoms with Crippen molar-refractivity contribution in [1.29, 1.82) is 0 Å². The van der Waals surface area contributed by atoms with Crippen LogP contribution < -0.4 is 10.6 Å². The average molecular weight is 607 g/mol. The summed E-state index contributed by atoms with van der Waals surface area (Å²) in [5, 5.41) is 27.4. The molecule has 0 bridgehead atoms. The summed E-state index contributed by atoms with van der Waals surface area (Å²) < 4.78 is 22.2. The van der Waals surface area contributed by atoms with Gasteiger partial charge in [0.1, 0.15) is 24.9 Å². The number of aliphatic hydroxyl groups excluding tert-OH is 2. The molecule has 1 aliphatic heterocycles. The van der Waals surface area contributed by atoms with Gasteiger partial charge in [0.05, 0.1) is 25.7 Å². The third-order valence-corrected chi connectivity index (χ3v) is 7.09. The van der Waals surface area contributed by atoms with E-state index < -0.39 is 54.7 Å². The average Bonchev–Trinajstić information content (AvgIpc) is 3.03. The number of aliphatic hydroxyl groups is 2. The van der Waals surface area contributed by atoms with Gasteiger partial charge in [-0.2, -0.15) is 0 Å². The number of esters is 1. The van der Waals surface area contributed by atoms with Gasteiger partial charge in [0.2, 0.25) is 0 Å². The first kappa shape index (κ1) is 32.6. The standard InChI is InChI=1S/C33H38N2O9/c1-3-41-26(36)18-25(24-16-14-21(2)15-17-24)34-31(39)30-29(38)28(37)27(32(44-30)42-19-22-10-6-4-7-11-22)35-33(40)43-20-23-12-8-5-9-13-23/h4-17,25,27-30,32,37-38H,3,18-20H2,1-2H3,(H,34,39)(H,35,40)/t25-,27+,28+,29+,30-,32-/m0/s1. The van der Waals surface area contributed by atoms with Crippen LogP contribution in [0.15, 0.2) is 84.9 Å². The van der Waals surface area contributed by atoms with Gasteiger partial charge in [-0.3, -0.25) is 9.59 Å². The molecule has 44 heavy (non-hydrogen) atoms. The summed E-state index contributed by atoms with van der Waals surface area (Å²) in [7, 11) is 0. The Labute approximate surface area is 256 Å². The molecule has 1 saturated heterocycles. The van der Waals surface area contributed by atoms with Gasteiger partial charge < -0.3 is 39.8 Å². The Hall–Kier alpha value is -4.29. The smallest absolute Gasteiger partial charge is 0.407 e. The maximum Gasteiger partial charge on any atom is 0.407 e. The zero-order valence-electron chi connectivity index (χ0n) is 24.6. The van der Waals surface area contributed by atoms with Crippen LogP contribution in [0.5, 0.6) is 0 Å². The Morgan fingerprint density at radius 1 is 0.841 bits per heavy atom. The number of rotatable bonds is 12. The molecular weight excluding hydrogens is 568 g/mol. The highest BCUT2D eigenvalue weighted by Gasteiger charge is 2.49. The van der Waals surface area contributed by atoms with E-state index in [0.29, 0.717) is 5.56 Å². The normalized spacial score (nSPS) is 22.0. The number of carbonyl (C=O) groups excluding carboxylic acids is 3. The predicted octanol–water partition coefficient (Wildman–Crippen LogP) is 3.06. The molecule has 1 aliphatic rings. The van der Waals surface area contributed by atoms with Gasteiger partial charge in [-0.05, 0) is 30.5 Å². The van der Waals surface area contributed by atoms with E-state index in [1.165, 1.54) is 0 Å². The second-order valence-electron chi connectivity index (χ2n) is 10.4. The second kappa shape index (κ2) is 16.0. The van der Waals surface area contributed by atoms with E-state index in [1.807, 2.05) is 55.5 Å². The summed E-state index contributed by atoms with van der Waals surface area (Å²) in [4.78, 5) is 38.6. The molecule has 234 valence electrons. The number of amides is 2. The second-order valence-corrected chi connectivity index (χ2v) is 10.4. The van der Waals surface area contributed by atoms with Crippen LogP contribution in [0, 0.1) is 6.92 Å². The number of nitrogens with one attached hydrogen (secondary N) is 2. The number of hydrogen-bond acceptors (Lipinski definition) is 9. The maximum absolute atomic E-state index is 13.5. The Bertz CT molecular complexity index is 1350. The van der Waals surface area contributed by atoms with Crippen molar-refractivity contribution in [2.75, 3.05) is 6.61 Å². The van der Waals surface area contributed by atoms with E-state index in [2.05, 4.69) is 10.6 Å². The number of aryl methyl sites for hydroxylation is 1. The van der Waals surface area contributed by atoms with Crippen LogP contribution in [0.25, 0.3) is 0 Å². The van der Waals surface area contributed by atoms with Crippen LogP contribution in [0.4, 0.5) is 4.79 Å². The van der Waals surface area contributed by atoms with Crippen molar-refractivity contribution in [3.63, 3.8) is 0 Å². The highest BCUT2D eigenvalue weighted by atomic mass is 16.7. The first-order chi connectivity index (χ1) is 21.2. The topological polar surface area (TPSA) is 153 Å². The molecule has 11 heteroatoms. The van der Waals surface area contributed by atoms with Crippen LogP contribution >= 0.6 is 0 Å². The third kappa shape index (κ3) is 9.10. The Kier molecular flexibility index (Phi) is 11.8. The molecule has 0 spiro atoms. The van der Waals surface area contributed by atoms with Gasteiger partial charge in [0.15, 0.2) is 12.4 Å². The van der Waals surface area contributed by atoms with Crippen molar-refractivity contribution in [2.45, 2.75) is 70.2 Å². The van der Waals surface area contributed by atoms with E-state index >= 15 is 0 Å². The third-order valence-electron chi connectivity index (χ3n) is 7.09. The van der Waals surface area contributed by atoms with Gasteiger partial charge in [0, 0.05) is 0 Å². The molecule has 0 aliphatic carbocycles. The molecule has 0 unspecified atom stereocenters. The zero-order valence-corrected chi connectivity index (χ0v) is 24.6. The molecule has 11 nitrogen and oxygen atoms in total. The summed E-state index contributed by atoms with van der Waals surface area (Å²) in [6, 6.07) is 23.3. The maximum atomic E-state index is 13.5. The lowest BCUT2D eigenvalue weighted by atomic mass is 9.95. The van der Waals surface area contributed by atoms with Gasteiger partial charge in [0.25, 0.3) is 5.91 Å². The minimum absolute atomic E-state index is 0.0226. The Morgan fingerprint density at radius 3 is 2.07 bits per heavy atom. The number of ether oxygens (including phenoxy) is 4. The van der Waals surface area contributed by atoms with Gasteiger partial charge in [-0.25, -0.2) is 4.79 Å². The van der Waals surface area contributed by atoms with Crippen molar-refractivity contribution >= 4 is 18.0 Å². The largest absolute Gasteiger partial charge is 0.466 e. The minimum atomic E-state index is -1.76. The van der Waals surface area contributed by atoms with Crippen LogP contribution in [-0.2, 0) is 41.8 Å². The first-order valence-electron chi connectivity index (χ1n) is 14.4. The zero-order chi connectivity index (χ0) is 31.5. The SMILES string of the molecule is CCOC(=O)C[C@H](NC(=O)[C@H]1O[C@H](OCc2ccccc2)[C@H](NC(=O)OCc2ccccc2)[C@@H](O)[C@H]1O)c1ccc(C)cc1. The lowest BCUT2D eigenvalue weighted by Gasteiger charge is -2.42. The number of carbonyl (C=O) groups is 3. The van der Waals surface area contributed by atoms with Crippen LogP contribution in [-0.4, -0.2) is 65.4 Å². The van der Waals surface area contributed by atoms with Crippen LogP contribution in [0.1, 0.15) is 41.6 Å². The minimum Gasteiger partial charge on any atom is -0.466 e. The highest BCUT2D eigenvalue weighted by Crippen LogP contribution is 2.26. The van der Waals surface area contributed by atoms with Gasteiger partial charge in [-0.1, -0.05) is 90.5 Å². The summed E-state index contributed by atoms with van der Waals surface area (Å²) in [5.41, 5.74) is 3.16. The summed E-state index contributed by atoms with van der Waals surface area (Å²) in [6.45, 7) is 3.76. The molecule has 4 rings (SSSR count). The monoisotopic (exact) mass is 606 g/mol. The van der Waals surface area contributed by atoms with Crippen molar-refractivity contribution in [3.8, 4) is 0 Å². The van der Waals surface area contributed by atoms with E-state index in [0.717, 1.165) is 16.7 Å². The molecule has 0 radical (unpaired) electrons. The highest BCUT2D eigenvalue weighted by molar-refractivity contribution is 5.83. The lowest BCUT2D eigenvalue weighted by molar-refractivity contribution is -0.262. The van der Waals surface area contributed by atoms with Crippen LogP contribution in [0.3, 0.4) is 0 Å². The quantitative estimate of drug-likeness (QED) is 0.228. The summed E-state index contributed by atoms with van der Waals surface area (Å²) >= 11 is 0. The molecule has 1 heterocycles. The lowest BCUT2D eigenvalue weighted by Crippen LogP contribution is -2.66. The molecule has 3 aromatic rings. The van der Waals surface area contributed by atoms with Gasteiger partial charge in [-0.15, -0.1) is 0 Å². The first-order valence-corrected chi connectivity index (χ1v) is 14.4. The number of hydrogen-bond donors (Lipinski definition) is 4. The molecule has 2 amide bonds. The van der Waals surface area contributed by atoms with Crippen molar-refractivity contribution < 1.29 is 43.5 Å². The summed E-state index contributed by atoms with van der Waals surface area (Å²) in [5.74, 6) is -1.31. The molecule has 6 atom stereocenters. The van der Waals surface area contributed by atoms with E-state index in [-0.39, 0.29) is 26.2 Å².